The molecule has 1 amide bonds. The van der Waals surface area contributed by atoms with Gasteiger partial charge in [0.25, 0.3) is 0 Å². The van der Waals surface area contributed by atoms with Gasteiger partial charge < -0.3 is 19.7 Å². The average Bonchev–Trinajstić information content (AvgIpc) is 3.23. The van der Waals surface area contributed by atoms with Crippen LogP contribution in [0.2, 0.25) is 0 Å². The first kappa shape index (κ1) is 17.1. The maximum absolute atomic E-state index is 13.2. The highest BCUT2D eigenvalue weighted by atomic mass is 16.5. The summed E-state index contributed by atoms with van der Waals surface area (Å²) >= 11 is 0. The third-order valence-corrected chi connectivity index (χ3v) is 5.85. The molecule has 0 aromatic heterocycles. The van der Waals surface area contributed by atoms with E-state index in [1.165, 1.54) is 0 Å². The molecule has 0 radical (unpaired) electrons. The Morgan fingerprint density at radius 3 is 2.74 bits per heavy atom. The Labute approximate surface area is 139 Å². The number of hydrogen-bond donors (Lipinski definition) is 1. The van der Waals surface area contributed by atoms with Gasteiger partial charge in [-0.3, -0.25) is 9.69 Å². The number of nitrogens with one attached hydrogen (secondary N) is 1. The molecule has 6 heteroatoms. The lowest BCUT2D eigenvalue weighted by Gasteiger charge is -2.35. The van der Waals surface area contributed by atoms with E-state index in [2.05, 4.69) is 22.0 Å². The molecule has 23 heavy (non-hydrogen) atoms. The van der Waals surface area contributed by atoms with Crippen molar-refractivity contribution in [2.45, 2.75) is 25.8 Å². The molecule has 3 rings (SSSR count). The Bertz CT molecular complexity index is 406. The molecule has 0 aromatic rings. The molecule has 3 atom stereocenters. The summed E-state index contributed by atoms with van der Waals surface area (Å²) < 4.78 is 10.9. The van der Waals surface area contributed by atoms with Crippen molar-refractivity contribution in [1.82, 2.24) is 15.1 Å². The van der Waals surface area contributed by atoms with Gasteiger partial charge in [-0.05, 0) is 18.9 Å². The molecule has 3 aliphatic rings. The average molecular weight is 325 g/mol. The van der Waals surface area contributed by atoms with Crippen LogP contribution in [0.3, 0.4) is 0 Å². The molecule has 0 bridgehead atoms. The highest BCUT2D eigenvalue weighted by molar-refractivity contribution is 5.84. The molecule has 3 aliphatic heterocycles. The molecule has 0 saturated carbocycles. The molecule has 132 valence electrons. The van der Waals surface area contributed by atoms with E-state index in [1.807, 2.05) is 0 Å². The van der Waals surface area contributed by atoms with E-state index < -0.39 is 0 Å². The van der Waals surface area contributed by atoms with Crippen LogP contribution in [-0.4, -0.2) is 87.9 Å². The summed E-state index contributed by atoms with van der Waals surface area (Å²) in [6.07, 6.45) is 2.01. The molecule has 6 nitrogen and oxygen atoms in total. The van der Waals surface area contributed by atoms with Gasteiger partial charge in [0.15, 0.2) is 0 Å². The zero-order chi connectivity index (χ0) is 16.3. The minimum atomic E-state index is -0.354. The summed E-state index contributed by atoms with van der Waals surface area (Å²) in [6, 6.07) is 0.488. The Balaban J connectivity index is 1.69. The first-order valence-corrected chi connectivity index (χ1v) is 9.01. The molecule has 0 aromatic carbocycles. The maximum atomic E-state index is 13.2. The van der Waals surface area contributed by atoms with Crippen molar-refractivity contribution in [2.75, 3.05) is 66.2 Å². The van der Waals surface area contributed by atoms with Crippen molar-refractivity contribution in [3.8, 4) is 0 Å². The second-order valence-corrected chi connectivity index (χ2v) is 7.23. The lowest BCUT2D eigenvalue weighted by Crippen LogP contribution is -2.49. The molecule has 3 saturated heterocycles. The second-order valence-electron chi connectivity index (χ2n) is 7.23. The van der Waals surface area contributed by atoms with Crippen LogP contribution in [0.5, 0.6) is 0 Å². The number of carbonyl (C=O) groups excluding carboxylic acids is 1. The molecule has 3 unspecified atom stereocenters. The number of morpholine rings is 1. The van der Waals surface area contributed by atoms with E-state index >= 15 is 0 Å². The zero-order valence-corrected chi connectivity index (χ0v) is 14.6. The van der Waals surface area contributed by atoms with Gasteiger partial charge in [-0.15, -0.1) is 0 Å². The third-order valence-electron chi connectivity index (χ3n) is 5.85. The summed E-state index contributed by atoms with van der Waals surface area (Å²) in [6.45, 7) is 9.80. The first-order valence-electron chi connectivity index (χ1n) is 9.01. The Morgan fingerprint density at radius 1 is 1.35 bits per heavy atom. The molecule has 0 spiro atoms. The summed E-state index contributed by atoms with van der Waals surface area (Å²) in [7, 11) is 1.70. The number of methoxy groups -OCH3 is 1. The smallest absolute Gasteiger partial charge is 0.232 e. The van der Waals surface area contributed by atoms with Crippen molar-refractivity contribution in [1.29, 1.82) is 0 Å². The fourth-order valence-electron chi connectivity index (χ4n) is 4.47. The van der Waals surface area contributed by atoms with Crippen LogP contribution in [0.4, 0.5) is 0 Å². The topological polar surface area (TPSA) is 54.0 Å². The van der Waals surface area contributed by atoms with Crippen LogP contribution in [0.15, 0.2) is 0 Å². The second kappa shape index (κ2) is 7.47. The van der Waals surface area contributed by atoms with Crippen LogP contribution in [0, 0.1) is 11.3 Å². The third kappa shape index (κ3) is 3.40. The molecule has 0 aliphatic carbocycles. The monoisotopic (exact) mass is 325 g/mol. The summed E-state index contributed by atoms with van der Waals surface area (Å²) in [5.74, 6) is 0.865. The standard InChI is InChI=1S/C17H31N3O3/c1-3-14-10-20(11-15(14)19-6-8-23-9-7-19)16(21)17(13-22-2)4-5-18-12-17/h14-15,18H,3-13H2,1-2H3. The number of likely N-dealkylation sites (tertiary alicyclic amines) is 1. The summed E-state index contributed by atoms with van der Waals surface area (Å²) in [4.78, 5) is 17.9. The van der Waals surface area contributed by atoms with Crippen molar-refractivity contribution < 1.29 is 14.3 Å². The quantitative estimate of drug-likeness (QED) is 0.782. The minimum Gasteiger partial charge on any atom is -0.384 e. The van der Waals surface area contributed by atoms with Gasteiger partial charge in [-0.2, -0.15) is 0 Å². The van der Waals surface area contributed by atoms with Gasteiger partial charge in [-0.1, -0.05) is 13.3 Å². The van der Waals surface area contributed by atoms with E-state index in [4.69, 9.17) is 9.47 Å². The Morgan fingerprint density at radius 2 is 2.13 bits per heavy atom. The predicted octanol–water partition coefficient (Wildman–Crippen LogP) is 0.182. The Hall–Kier alpha value is -0.690. The van der Waals surface area contributed by atoms with Crippen molar-refractivity contribution >= 4 is 5.91 Å². The number of hydrogen-bond acceptors (Lipinski definition) is 5. The van der Waals surface area contributed by atoms with Crippen molar-refractivity contribution in [3.05, 3.63) is 0 Å². The number of rotatable bonds is 5. The number of ether oxygens (including phenoxy) is 2. The summed E-state index contributed by atoms with van der Waals surface area (Å²) in [5, 5.41) is 3.35. The van der Waals surface area contributed by atoms with Crippen LogP contribution in [-0.2, 0) is 14.3 Å². The van der Waals surface area contributed by atoms with Gasteiger partial charge in [0.1, 0.15) is 0 Å². The van der Waals surface area contributed by atoms with Gasteiger partial charge in [0.2, 0.25) is 5.91 Å². The first-order chi connectivity index (χ1) is 11.2. The zero-order valence-electron chi connectivity index (χ0n) is 14.6. The molecular weight excluding hydrogens is 294 g/mol. The van der Waals surface area contributed by atoms with Crippen LogP contribution >= 0.6 is 0 Å². The van der Waals surface area contributed by atoms with E-state index in [0.29, 0.717) is 24.5 Å². The fraction of sp³-hybridized carbons (Fsp3) is 0.941. The van der Waals surface area contributed by atoms with Crippen LogP contribution < -0.4 is 5.32 Å². The largest absolute Gasteiger partial charge is 0.384 e. The Kier molecular flexibility index (Phi) is 5.57. The van der Waals surface area contributed by atoms with E-state index in [0.717, 1.165) is 65.3 Å². The van der Waals surface area contributed by atoms with Crippen LogP contribution in [0.25, 0.3) is 0 Å². The molecule has 3 fully saturated rings. The van der Waals surface area contributed by atoms with E-state index in [-0.39, 0.29) is 5.41 Å². The lowest BCUT2D eigenvalue weighted by atomic mass is 9.86. The molecular formula is C17H31N3O3. The van der Waals surface area contributed by atoms with Gasteiger partial charge in [-0.25, -0.2) is 0 Å². The highest BCUT2D eigenvalue weighted by Crippen LogP contribution is 2.33. The SMILES string of the molecule is CCC1CN(C(=O)C2(COC)CCNC2)CC1N1CCOCC1. The van der Waals surface area contributed by atoms with E-state index in [9.17, 15) is 4.79 Å². The van der Waals surface area contributed by atoms with Crippen molar-refractivity contribution in [2.24, 2.45) is 11.3 Å². The van der Waals surface area contributed by atoms with Gasteiger partial charge in [0, 0.05) is 45.9 Å². The number of nitrogens with zero attached hydrogens (tertiary/aromatic N) is 2. The van der Waals surface area contributed by atoms with Crippen molar-refractivity contribution in [3.63, 3.8) is 0 Å². The summed E-state index contributed by atoms with van der Waals surface area (Å²) in [5.41, 5.74) is -0.354. The number of amides is 1. The lowest BCUT2D eigenvalue weighted by molar-refractivity contribution is -0.143. The fourth-order valence-corrected chi connectivity index (χ4v) is 4.47. The molecule has 3 heterocycles. The van der Waals surface area contributed by atoms with Gasteiger partial charge >= 0.3 is 0 Å². The predicted molar refractivity (Wildman–Crippen MR) is 88.3 cm³/mol. The normalized spacial score (nSPS) is 35.8. The van der Waals surface area contributed by atoms with E-state index in [1.54, 1.807) is 7.11 Å². The highest BCUT2D eigenvalue weighted by Gasteiger charge is 2.47. The van der Waals surface area contributed by atoms with Gasteiger partial charge in [0.05, 0.1) is 25.2 Å². The number of carbonyl (C=O) groups is 1. The minimum absolute atomic E-state index is 0.290. The van der Waals surface area contributed by atoms with Crippen LogP contribution in [0.1, 0.15) is 19.8 Å². The maximum Gasteiger partial charge on any atom is 0.232 e. The molecule has 1 N–H and O–H groups in total.